The summed E-state index contributed by atoms with van der Waals surface area (Å²) in [4.78, 5) is 19.5. The molecule has 1 N–H and O–H groups in total. The van der Waals surface area contributed by atoms with Crippen LogP contribution in [-0.4, -0.2) is 47.1 Å². The van der Waals surface area contributed by atoms with Crippen LogP contribution in [0.2, 0.25) is 0 Å². The average molecular weight is 354 g/mol. The van der Waals surface area contributed by atoms with Gasteiger partial charge in [-0.15, -0.1) is 0 Å². The minimum atomic E-state index is -0.321. The van der Waals surface area contributed by atoms with Crippen LogP contribution in [-0.2, 0) is 0 Å². The molecule has 26 heavy (non-hydrogen) atoms. The normalized spacial score (nSPS) is 15.2. The molecule has 0 unspecified atom stereocenters. The Morgan fingerprint density at radius 3 is 2.85 bits per heavy atom. The van der Waals surface area contributed by atoms with Gasteiger partial charge in [-0.3, -0.25) is 4.79 Å². The molecule has 2 aromatic heterocycles. The zero-order valence-electron chi connectivity index (χ0n) is 14.5. The number of fused-ring (bicyclic) bond motifs is 1. The van der Waals surface area contributed by atoms with Gasteiger partial charge in [-0.1, -0.05) is 5.16 Å². The van der Waals surface area contributed by atoms with Crippen LogP contribution in [0.1, 0.15) is 22.5 Å². The van der Waals surface area contributed by atoms with Crippen molar-refractivity contribution >= 4 is 17.0 Å². The lowest BCUT2D eigenvalue weighted by molar-refractivity contribution is 0.0768. The fraction of sp³-hybridized carbons (Fsp3) is 0.316. The summed E-state index contributed by atoms with van der Waals surface area (Å²) < 4.78 is 18.6. The first-order valence-corrected chi connectivity index (χ1v) is 8.66. The third-order valence-corrected chi connectivity index (χ3v) is 4.61. The van der Waals surface area contributed by atoms with Crippen molar-refractivity contribution in [3.05, 3.63) is 47.4 Å². The summed E-state index contributed by atoms with van der Waals surface area (Å²) in [7, 11) is 0. The molecule has 1 saturated heterocycles. The van der Waals surface area contributed by atoms with E-state index >= 15 is 0 Å². The van der Waals surface area contributed by atoms with Crippen LogP contribution in [0, 0.1) is 12.7 Å². The van der Waals surface area contributed by atoms with E-state index in [1.165, 1.54) is 12.1 Å². The first-order chi connectivity index (χ1) is 12.6. The highest BCUT2D eigenvalue weighted by atomic mass is 19.1. The van der Waals surface area contributed by atoms with Crippen LogP contribution in [0.4, 0.5) is 4.39 Å². The first kappa shape index (κ1) is 16.7. The number of aromatic nitrogens is 2. The Labute approximate surface area is 150 Å². The number of nitrogens with zero attached hydrogens (tertiary/aromatic N) is 3. The lowest BCUT2D eigenvalue weighted by atomic mass is 10.0. The number of pyridine rings is 1. The molecule has 134 valence electrons. The molecule has 0 radical (unpaired) electrons. The molecule has 3 aromatic rings. The third-order valence-electron chi connectivity index (χ3n) is 4.61. The van der Waals surface area contributed by atoms with Crippen LogP contribution in [0.3, 0.4) is 0 Å². The van der Waals surface area contributed by atoms with Gasteiger partial charge in [0.25, 0.3) is 11.6 Å². The summed E-state index contributed by atoms with van der Waals surface area (Å²) in [6.07, 6.45) is 0.910. The molecule has 6 nitrogen and oxygen atoms in total. The molecule has 3 heterocycles. The average Bonchev–Trinajstić information content (AvgIpc) is 2.86. The number of aryl methyl sites for hydroxylation is 1. The number of carbonyl (C=O) groups is 1. The van der Waals surface area contributed by atoms with E-state index in [0.29, 0.717) is 46.7 Å². The van der Waals surface area contributed by atoms with Crippen LogP contribution < -0.4 is 5.32 Å². The van der Waals surface area contributed by atoms with Gasteiger partial charge >= 0.3 is 0 Å². The lowest BCUT2D eigenvalue weighted by Gasteiger charge is -2.20. The van der Waals surface area contributed by atoms with E-state index in [9.17, 15) is 9.18 Å². The molecule has 1 aliphatic heterocycles. The van der Waals surface area contributed by atoms with E-state index in [4.69, 9.17) is 4.52 Å². The Morgan fingerprint density at radius 1 is 1.23 bits per heavy atom. The number of rotatable bonds is 2. The highest BCUT2D eigenvalue weighted by Crippen LogP contribution is 2.28. The van der Waals surface area contributed by atoms with Gasteiger partial charge in [-0.05, 0) is 50.2 Å². The second-order valence-corrected chi connectivity index (χ2v) is 6.41. The molecular formula is C19H19FN4O2. The summed E-state index contributed by atoms with van der Waals surface area (Å²) in [6.45, 7) is 4.83. The number of amides is 1. The van der Waals surface area contributed by atoms with Gasteiger partial charge in [0.05, 0.1) is 22.3 Å². The summed E-state index contributed by atoms with van der Waals surface area (Å²) in [5.74, 6) is -0.380. The van der Waals surface area contributed by atoms with E-state index in [2.05, 4.69) is 15.5 Å². The fourth-order valence-electron chi connectivity index (χ4n) is 3.25. The van der Waals surface area contributed by atoms with Crippen LogP contribution >= 0.6 is 0 Å². The number of hydrogen-bond acceptors (Lipinski definition) is 5. The fourth-order valence-corrected chi connectivity index (χ4v) is 3.25. The largest absolute Gasteiger partial charge is 0.337 e. The smallest absolute Gasteiger partial charge is 0.259 e. The van der Waals surface area contributed by atoms with Crippen molar-refractivity contribution in [3.8, 4) is 11.3 Å². The molecule has 0 spiro atoms. The van der Waals surface area contributed by atoms with Gasteiger partial charge < -0.3 is 14.7 Å². The van der Waals surface area contributed by atoms with Crippen LogP contribution in [0.15, 0.2) is 34.9 Å². The second kappa shape index (κ2) is 6.84. The highest BCUT2D eigenvalue weighted by molar-refractivity contribution is 6.07. The van der Waals surface area contributed by atoms with Gasteiger partial charge in [-0.25, -0.2) is 9.37 Å². The zero-order valence-corrected chi connectivity index (χ0v) is 14.5. The third kappa shape index (κ3) is 3.06. The molecule has 0 aliphatic carbocycles. The van der Waals surface area contributed by atoms with Gasteiger partial charge in [0, 0.05) is 25.2 Å². The van der Waals surface area contributed by atoms with Crippen molar-refractivity contribution in [2.45, 2.75) is 13.3 Å². The topological polar surface area (TPSA) is 71.3 Å². The van der Waals surface area contributed by atoms with E-state index in [1.54, 1.807) is 25.1 Å². The molecule has 1 fully saturated rings. The molecule has 7 heteroatoms. The number of benzene rings is 1. The Morgan fingerprint density at radius 2 is 2.04 bits per heavy atom. The lowest BCUT2D eigenvalue weighted by Crippen LogP contribution is -2.34. The van der Waals surface area contributed by atoms with Crippen LogP contribution in [0.5, 0.6) is 0 Å². The number of nitrogens with one attached hydrogen (secondary N) is 1. The Kier molecular flexibility index (Phi) is 4.38. The number of carbonyl (C=O) groups excluding carboxylic acids is 1. The molecule has 0 saturated carbocycles. The van der Waals surface area contributed by atoms with Crippen molar-refractivity contribution in [2.75, 3.05) is 26.2 Å². The molecule has 0 bridgehead atoms. The molecule has 1 aromatic carbocycles. The molecule has 1 amide bonds. The standard InChI is InChI=1S/C19H19FN4O2/c1-12-17-15(19(25)24-9-2-7-21-8-10-24)11-16(22-18(17)26-23-12)13-3-5-14(20)6-4-13/h3-6,11,21H,2,7-10H2,1H3. The molecule has 0 atom stereocenters. The monoisotopic (exact) mass is 354 g/mol. The predicted octanol–water partition coefficient (Wildman–Crippen LogP) is 2.77. The molecule has 4 rings (SSSR count). The van der Waals surface area contributed by atoms with Crippen molar-refractivity contribution in [1.82, 2.24) is 20.4 Å². The van der Waals surface area contributed by atoms with Gasteiger partial charge in [0.1, 0.15) is 5.82 Å². The molecule has 1 aliphatic rings. The Hall–Kier alpha value is -2.80. The number of hydrogen-bond donors (Lipinski definition) is 1. The molecular weight excluding hydrogens is 335 g/mol. The van der Waals surface area contributed by atoms with E-state index < -0.39 is 0 Å². The second-order valence-electron chi connectivity index (χ2n) is 6.41. The van der Waals surface area contributed by atoms with E-state index in [-0.39, 0.29) is 11.7 Å². The summed E-state index contributed by atoms with van der Waals surface area (Å²) in [5.41, 5.74) is 2.75. The number of halogens is 1. The maximum Gasteiger partial charge on any atom is 0.259 e. The summed E-state index contributed by atoms with van der Waals surface area (Å²) in [6, 6.07) is 7.76. The van der Waals surface area contributed by atoms with E-state index in [1.807, 2.05) is 4.90 Å². The van der Waals surface area contributed by atoms with Crippen molar-refractivity contribution < 1.29 is 13.7 Å². The predicted molar refractivity (Wildman–Crippen MR) is 95.3 cm³/mol. The Bertz CT molecular complexity index is 944. The van der Waals surface area contributed by atoms with Gasteiger partial charge in [0.15, 0.2) is 0 Å². The maximum absolute atomic E-state index is 13.2. The van der Waals surface area contributed by atoms with Gasteiger partial charge in [0.2, 0.25) is 0 Å². The maximum atomic E-state index is 13.2. The minimum Gasteiger partial charge on any atom is -0.337 e. The van der Waals surface area contributed by atoms with Crippen molar-refractivity contribution in [1.29, 1.82) is 0 Å². The highest BCUT2D eigenvalue weighted by Gasteiger charge is 2.24. The summed E-state index contributed by atoms with van der Waals surface area (Å²) >= 11 is 0. The van der Waals surface area contributed by atoms with Gasteiger partial charge in [-0.2, -0.15) is 0 Å². The first-order valence-electron chi connectivity index (χ1n) is 8.66. The minimum absolute atomic E-state index is 0.0595. The zero-order chi connectivity index (χ0) is 18.1. The van der Waals surface area contributed by atoms with E-state index in [0.717, 1.165) is 19.5 Å². The summed E-state index contributed by atoms with van der Waals surface area (Å²) in [5, 5.41) is 7.90. The Balaban J connectivity index is 1.82. The van der Waals surface area contributed by atoms with Crippen molar-refractivity contribution in [2.24, 2.45) is 0 Å². The van der Waals surface area contributed by atoms with Crippen molar-refractivity contribution in [3.63, 3.8) is 0 Å². The quantitative estimate of drug-likeness (QED) is 0.766. The van der Waals surface area contributed by atoms with Crippen LogP contribution in [0.25, 0.3) is 22.4 Å². The SMILES string of the molecule is Cc1noc2nc(-c3ccc(F)cc3)cc(C(=O)N3CCCNCC3)c12.